The summed E-state index contributed by atoms with van der Waals surface area (Å²) in [5.74, 6) is 0.910. The van der Waals surface area contributed by atoms with E-state index >= 15 is 0 Å². The molecule has 0 saturated heterocycles. The number of aromatic nitrogens is 3. The Kier molecular flexibility index (Phi) is 8.52. The Balaban J connectivity index is 1.68. The van der Waals surface area contributed by atoms with Crippen molar-refractivity contribution in [3.63, 3.8) is 0 Å². The molecule has 6 nitrogen and oxygen atoms in total. The first-order valence-corrected chi connectivity index (χ1v) is 9.19. The lowest BCUT2D eigenvalue weighted by Crippen LogP contribution is -2.42. The molecule has 0 aliphatic rings. The Morgan fingerprint density at radius 1 is 1.16 bits per heavy atom. The van der Waals surface area contributed by atoms with E-state index in [-0.39, 0.29) is 0 Å². The van der Waals surface area contributed by atoms with Gasteiger partial charge in [0.1, 0.15) is 12.7 Å². The SMILES string of the molecule is CCNC(=NCCCCn1cnnc1)NC(C)CCc1ccccc1. The van der Waals surface area contributed by atoms with Crippen LogP contribution in [0.1, 0.15) is 38.7 Å². The van der Waals surface area contributed by atoms with E-state index in [1.54, 1.807) is 12.7 Å². The van der Waals surface area contributed by atoms with Crippen molar-refractivity contribution in [1.82, 2.24) is 25.4 Å². The number of nitrogens with one attached hydrogen (secondary N) is 2. The molecule has 0 aliphatic heterocycles. The second kappa shape index (κ2) is 11.2. The van der Waals surface area contributed by atoms with E-state index in [4.69, 9.17) is 0 Å². The Morgan fingerprint density at radius 2 is 1.92 bits per heavy atom. The van der Waals surface area contributed by atoms with Gasteiger partial charge in [0.05, 0.1) is 0 Å². The predicted molar refractivity (Wildman–Crippen MR) is 103 cm³/mol. The van der Waals surface area contributed by atoms with E-state index in [2.05, 4.69) is 70.0 Å². The van der Waals surface area contributed by atoms with Crippen molar-refractivity contribution in [3.8, 4) is 0 Å². The smallest absolute Gasteiger partial charge is 0.191 e. The molecular weight excluding hydrogens is 312 g/mol. The van der Waals surface area contributed by atoms with Crippen molar-refractivity contribution >= 4 is 5.96 Å². The van der Waals surface area contributed by atoms with Crippen LogP contribution in [0.25, 0.3) is 0 Å². The fourth-order valence-electron chi connectivity index (χ4n) is 2.59. The summed E-state index contributed by atoms with van der Waals surface area (Å²) in [7, 11) is 0. The van der Waals surface area contributed by atoms with Crippen molar-refractivity contribution in [1.29, 1.82) is 0 Å². The summed E-state index contributed by atoms with van der Waals surface area (Å²) in [5.41, 5.74) is 1.38. The third-order valence-corrected chi connectivity index (χ3v) is 4.00. The Labute approximate surface area is 150 Å². The van der Waals surface area contributed by atoms with Gasteiger partial charge < -0.3 is 15.2 Å². The number of aryl methyl sites for hydroxylation is 2. The monoisotopic (exact) mass is 342 g/mol. The van der Waals surface area contributed by atoms with Gasteiger partial charge in [0.2, 0.25) is 0 Å². The average molecular weight is 342 g/mol. The van der Waals surface area contributed by atoms with Crippen LogP contribution in [0.5, 0.6) is 0 Å². The van der Waals surface area contributed by atoms with Crippen LogP contribution >= 0.6 is 0 Å². The summed E-state index contributed by atoms with van der Waals surface area (Å²) in [6.07, 6.45) is 7.79. The highest BCUT2D eigenvalue weighted by Gasteiger charge is 2.05. The molecule has 0 spiro atoms. The van der Waals surface area contributed by atoms with E-state index < -0.39 is 0 Å². The number of nitrogens with zero attached hydrogens (tertiary/aromatic N) is 4. The molecule has 6 heteroatoms. The zero-order chi connectivity index (χ0) is 17.7. The molecule has 2 rings (SSSR count). The molecule has 1 aromatic heterocycles. The maximum absolute atomic E-state index is 4.68. The predicted octanol–water partition coefficient (Wildman–Crippen LogP) is 2.63. The van der Waals surface area contributed by atoms with E-state index in [9.17, 15) is 0 Å². The fraction of sp³-hybridized carbons (Fsp3) is 0.526. The van der Waals surface area contributed by atoms with Crippen molar-refractivity contribution < 1.29 is 0 Å². The molecule has 0 aliphatic carbocycles. The standard InChI is InChI=1S/C19H30N6/c1-3-20-19(21-13-7-8-14-25-15-22-23-16-25)24-17(2)11-12-18-9-5-4-6-10-18/h4-6,9-10,15-17H,3,7-8,11-14H2,1-2H3,(H2,20,21,24). The molecule has 1 atom stereocenters. The average Bonchev–Trinajstić information content (AvgIpc) is 3.14. The zero-order valence-corrected chi connectivity index (χ0v) is 15.4. The lowest BCUT2D eigenvalue weighted by molar-refractivity contribution is 0.587. The quantitative estimate of drug-likeness (QED) is 0.396. The van der Waals surface area contributed by atoms with E-state index in [0.29, 0.717) is 6.04 Å². The number of unbranched alkanes of at least 4 members (excludes halogenated alkanes) is 1. The molecular formula is C19H30N6. The number of benzene rings is 1. The van der Waals surface area contributed by atoms with Crippen LogP contribution in [-0.4, -0.2) is 39.9 Å². The number of rotatable bonds is 10. The number of hydrogen-bond donors (Lipinski definition) is 2. The number of guanidine groups is 1. The Hall–Kier alpha value is -2.37. The zero-order valence-electron chi connectivity index (χ0n) is 15.4. The molecule has 136 valence electrons. The molecule has 25 heavy (non-hydrogen) atoms. The van der Waals surface area contributed by atoms with Gasteiger partial charge in [-0.05, 0) is 45.1 Å². The minimum atomic E-state index is 0.384. The van der Waals surface area contributed by atoms with Crippen LogP contribution in [0.3, 0.4) is 0 Å². The minimum Gasteiger partial charge on any atom is -0.357 e. The molecule has 1 unspecified atom stereocenters. The second-order valence-electron chi connectivity index (χ2n) is 6.24. The van der Waals surface area contributed by atoms with Gasteiger partial charge in [-0.2, -0.15) is 0 Å². The summed E-state index contributed by atoms with van der Waals surface area (Å²) in [5, 5.41) is 14.5. The maximum atomic E-state index is 4.68. The van der Waals surface area contributed by atoms with Crippen LogP contribution in [0.4, 0.5) is 0 Å². The van der Waals surface area contributed by atoms with E-state index in [1.807, 2.05) is 4.57 Å². The van der Waals surface area contributed by atoms with Crippen molar-refractivity contribution in [2.45, 2.75) is 52.1 Å². The molecule has 0 saturated carbocycles. The van der Waals surface area contributed by atoms with Crippen LogP contribution in [0.15, 0.2) is 48.0 Å². The van der Waals surface area contributed by atoms with Gasteiger partial charge in [0.15, 0.2) is 5.96 Å². The van der Waals surface area contributed by atoms with Crippen LogP contribution in [0.2, 0.25) is 0 Å². The second-order valence-corrected chi connectivity index (χ2v) is 6.24. The fourth-order valence-corrected chi connectivity index (χ4v) is 2.59. The van der Waals surface area contributed by atoms with Crippen LogP contribution < -0.4 is 10.6 Å². The van der Waals surface area contributed by atoms with Crippen molar-refractivity contribution in [2.24, 2.45) is 4.99 Å². The van der Waals surface area contributed by atoms with Crippen LogP contribution in [0, 0.1) is 0 Å². The van der Waals surface area contributed by atoms with Crippen molar-refractivity contribution in [3.05, 3.63) is 48.5 Å². The first-order valence-electron chi connectivity index (χ1n) is 9.19. The number of hydrogen-bond acceptors (Lipinski definition) is 3. The Bertz CT molecular complexity index is 594. The number of aliphatic imine (C=N–C) groups is 1. The molecule has 1 aromatic carbocycles. The third kappa shape index (κ3) is 7.83. The molecule has 0 fully saturated rings. The summed E-state index contributed by atoms with van der Waals surface area (Å²) in [6.45, 7) is 6.94. The summed E-state index contributed by atoms with van der Waals surface area (Å²) < 4.78 is 2.00. The first kappa shape index (κ1) is 19.0. The summed E-state index contributed by atoms with van der Waals surface area (Å²) in [6, 6.07) is 11.0. The van der Waals surface area contributed by atoms with Gasteiger partial charge in [-0.15, -0.1) is 10.2 Å². The highest BCUT2D eigenvalue weighted by Crippen LogP contribution is 2.04. The molecule has 0 radical (unpaired) electrons. The first-order chi connectivity index (χ1) is 12.3. The van der Waals surface area contributed by atoms with Gasteiger partial charge in [-0.25, -0.2) is 0 Å². The molecule has 0 amide bonds. The van der Waals surface area contributed by atoms with E-state index in [1.165, 1.54) is 5.56 Å². The van der Waals surface area contributed by atoms with Crippen LogP contribution in [-0.2, 0) is 13.0 Å². The normalized spacial score (nSPS) is 12.8. The van der Waals surface area contributed by atoms with Gasteiger partial charge in [0.25, 0.3) is 0 Å². The molecule has 2 aromatic rings. The highest BCUT2D eigenvalue weighted by atomic mass is 15.2. The van der Waals surface area contributed by atoms with Gasteiger partial charge in [-0.1, -0.05) is 30.3 Å². The lowest BCUT2D eigenvalue weighted by atomic mass is 10.1. The van der Waals surface area contributed by atoms with Crippen molar-refractivity contribution in [2.75, 3.05) is 13.1 Å². The largest absolute Gasteiger partial charge is 0.357 e. The lowest BCUT2D eigenvalue weighted by Gasteiger charge is -2.18. The topological polar surface area (TPSA) is 67.1 Å². The summed E-state index contributed by atoms with van der Waals surface area (Å²) in [4.78, 5) is 4.68. The van der Waals surface area contributed by atoms with E-state index in [0.717, 1.165) is 51.3 Å². The highest BCUT2D eigenvalue weighted by molar-refractivity contribution is 5.80. The molecule has 2 N–H and O–H groups in total. The summed E-state index contributed by atoms with van der Waals surface area (Å²) >= 11 is 0. The Morgan fingerprint density at radius 3 is 2.64 bits per heavy atom. The maximum Gasteiger partial charge on any atom is 0.191 e. The van der Waals surface area contributed by atoms with Gasteiger partial charge in [0, 0.05) is 25.7 Å². The molecule has 1 heterocycles. The molecule has 0 bridgehead atoms. The minimum absolute atomic E-state index is 0.384. The van der Waals surface area contributed by atoms with Gasteiger partial charge in [-0.3, -0.25) is 4.99 Å². The third-order valence-electron chi connectivity index (χ3n) is 4.00. The van der Waals surface area contributed by atoms with Gasteiger partial charge >= 0.3 is 0 Å².